The second-order valence-electron chi connectivity index (χ2n) is 6.63. The number of carbonyl (C=O) groups is 1. The van der Waals surface area contributed by atoms with Crippen molar-refractivity contribution in [3.8, 4) is 0 Å². The van der Waals surface area contributed by atoms with Crippen LogP contribution in [0.4, 0.5) is 0 Å². The molecule has 3 nitrogen and oxygen atoms in total. The van der Waals surface area contributed by atoms with E-state index in [-0.39, 0.29) is 5.92 Å². The number of allylic oxidation sites excluding steroid dienone is 2. The number of nitrogens with one attached hydrogen (secondary N) is 1. The lowest BCUT2D eigenvalue weighted by atomic mass is 9.74. The first-order valence-electron chi connectivity index (χ1n) is 7.94. The summed E-state index contributed by atoms with van der Waals surface area (Å²) in [6, 6.07) is 0. The predicted molar refractivity (Wildman–Crippen MR) is 76.8 cm³/mol. The number of amides is 1. The maximum atomic E-state index is 12.7. The average molecular weight is 262 g/mol. The normalized spacial score (nSPS) is 35.6. The molecule has 3 rings (SSSR count). The first-order chi connectivity index (χ1) is 9.29. The maximum Gasteiger partial charge on any atom is 0.226 e. The number of nitrogens with zero attached hydrogens (tertiary/aromatic N) is 1. The van der Waals surface area contributed by atoms with Gasteiger partial charge in [-0.3, -0.25) is 4.79 Å². The number of rotatable bonds is 1. The number of likely N-dealkylation sites (tertiary alicyclic amines) is 1. The summed E-state index contributed by atoms with van der Waals surface area (Å²) in [6.45, 7) is 4.25. The molecule has 1 amide bonds. The zero-order valence-electron chi connectivity index (χ0n) is 11.9. The zero-order chi connectivity index (χ0) is 13.1. The van der Waals surface area contributed by atoms with Gasteiger partial charge in [0.15, 0.2) is 0 Å². The van der Waals surface area contributed by atoms with Crippen molar-refractivity contribution in [2.75, 3.05) is 26.2 Å². The molecule has 1 N–H and O–H groups in total. The SMILES string of the molecule is O=C(C1CC=CCC1)N1CCCC2(CCCNC2)C1. The Morgan fingerprint density at radius 3 is 2.89 bits per heavy atom. The van der Waals surface area contributed by atoms with E-state index < -0.39 is 0 Å². The molecule has 2 fully saturated rings. The van der Waals surface area contributed by atoms with Gasteiger partial charge < -0.3 is 10.2 Å². The molecule has 1 aliphatic carbocycles. The fraction of sp³-hybridized carbons (Fsp3) is 0.812. The standard InChI is InChI=1S/C16H26N2O/c19-15(14-6-2-1-3-7-14)18-11-5-9-16(13-18)8-4-10-17-12-16/h1-2,14,17H,3-13H2. The number of piperidine rings is 2. The molecule has 3 heteroatoms. The van der Waals surface area contributed by atoms with Crippen molar-refractivity contribution < 1.29 is 4.79 Å². The van der Waals surface area contributed by atoms with Gasteiger partial charge in [0, 0.05) is 31.0 Å². The van der Waals surface area contributed by atoms with Crippen LogP contribution in [-0.2, 0) is 4.79 Å². The number of hydrogen-bond donors (Lipinski definition) is 1. The Hall–Kier alpha value is -0.830. The molecular weight excluding hydrogens is 236 g/mol. The van der Waals surface area contributed by atoms with Crippen LogP contribution in [0.25, 0.3) is 0 Å². The highest BCUT2D eigenvalue weighted by atomic mass is 16.2. The van der Waals surface area contributed by atoms with E-state index in [1.54, 1.807) is 0 Å². The number of carbonyl (C=O) groups excluding carboxylic acids is 1. The molecule has 0 saturated carbocycles. The molecule has 19 heavy (non-hydrogen) atoms. The third-order valence-electron chi connectivity index (χ3n) is 5.15. The molecule has 2 aliphatic heterocycles. The first kappa shape index (κ1) is 13.2. The van der Waals surface area contributed by atoms with Gasteiger partial charge in [-0.2, -0.15) is 0 Å². The molecule has 2 atom stereocenters. The van der Waals surface area contributed by atoms with Crippen LogP contribution in [0.2, 0.25) is 0 Å². The first-order valence-corrected chi connectivity index (χ1v) is 7.94. The van der Waals surface area contributed by atoms with Gasteiger partial charge in [0.2, 0.25) is 5.91 Å². The fourth-order valence-corrected chi connectivity index (χ4v) is 4.05. The lowest BCUT2D eigenvalue weighted by molar-refractivity contribution is -0.139. The van der Waals surface area contributed by atoms with E-state index in [2.05, 4.69) is 22.4 Å². The van der Waals surface area contributed by atoms with Gasteiger partial charge in [-0.05, 0) is 51.5 Å². The quantitative estimate of drug-likeness (QED) is 0.736. The van der Waals surface area contributed by atoms with E-state index in [0.29, 0.717) is 11.3 Å². The smallest absolute Gasteiger partial charge is 0.226 e. The van der Waals surface area contributed by atoms with E-state index in [1.807, 2.05) is 0 Å². The maximum absolute atomic E-state index is 12.7. The lowest BCUT2D eigenvalue weighted by Crippen LogP contribution is -2.53. The molecular formula is C16H26N2O. The highest BCUT2D eigenvalue weighted by Gasteiger charge is 2.39. The van der Waals surface area contributed by atoms with Gasteiger partial charge in [0.1, 0.15) is 0 Å². The van der Waals surface area contributed by atoms with E-state index in [4.69, 9.17) is 0 Å². The molecule has 0 aromatic heterocycles. The van der Waals surface area contributed by atoms with Crippen molar-refractivity contribution in [3.63, 3.8) is 0 Å². The van der Waals surface area contributed by atoms with Crippen LogP contribution in [0.1, 0.15) is 44.9 Å². The second-order valence-corrected chi connectivity index (χ2v) is 6.63. The van der Waals surface area contributed by atoms with Crippen molar-refractivity contribution in [1.29, 1.82) is 0 Å². The Labute approximate surface area is 116 Å². The minimum Gasteiger partial charge on any atom is -0.342 e. The van der Waals surface area contributed by atoms with E-state index >= 15 is 0 Å². The van der Waals surface area contributed by atoms with E-state index in [0.717, 1.165) is 45.4 Å². The van der Waals surface area contributed by atoms with Crippen LogP contribution in [0, 0.1) is 11.3 Å². The molecule has 0 aromatic rings. The Kier molecular flexibility index (Phi) is 3.92. The van der Waals surface area contributed by atoms with Crippen LogP contribution >= 0.6 is 0 Å². The summed E-state index contributed by atoms with van der Waals surface area (Å²) in [4.78, 5) is 14.8. The van der Waals surface area contributed by atoms with Crippen LogP contribution in [0.15, 0.2) is 12.2 Å². The second kappa shape index (κ2) is 5.66. The Morgan fingerprint density at radius 2 is 2.16 bits per heavy atom. The van der Waals surface area contributed by atoms with Crippen molar-refractivity contribution in [3.05, 3.63) is 12.2 Å². The summed E-state index contributed by atoms with van der Waals surface area (Å²) < 4.78 is 0. The fourth-order valence-electron chi connectivity index (χ4n) is 4.05. The predicted octanol–water partition coefficient (Wildman–Crippen LogP) is 2.33. The monoisotopic (exact) mass is 262 g/mol. The Morgan fingerprint density at radius 1 is 1.26 bits per heavy atom. The zero-order valence-corrected chi connectivity index (χ0v) is 11.9. The summed E-state index contributed by atoms with van der Waals surface area (Å²) in [5, 5.41) is 3.54. The third-order valence-corrected chi connectivity index (χ3v) is 5.15. The third kappa shape index (κ3) is 2.86. The average Bonchev–Trinajstić information content (AvgIpc) is 2.48. The molecule has 1 spiro atoms. The highest BCUT2D eigenvalue weighted by Crippen LogP contribution is 2.36. The largest absolute Gasteiger partial charge is 0.342 e. The van der Waals surface area contributed by atoms with E-state index in [1.165, 1.54) is 25.7 Å². The summed E-state index contributed by atoms with van der Waals surface area (Å²) in [5.41, 5.74) is 0.386. The molecule has 2 unspecified atom stereocenters. The van der Waals surface area contributed by atoms with Gasteiger partial charge in [-0.15, -0.1) is 0 Å². The summed E-state index contributed by atoms with van der Waals surface area (Å²) in [6.07, 6.45) is 12.6. The Balaban J connectivity index is 1.64. The molecule has 0 bridgehead atoms. The van der Waals surface area contributed by atoms with Crippen molar-refractivity contribution in [1.82, 2.24) is 10.2 Å². The van der Waals surface area contributed by atoms with Crippen LogP contribution < -0.4 is 5.32 Å². The van der Waals surface area contributed by atoms with Crippen LogP contribution in [-0.4, -0.2) is 37.0 Å². The van der Waals surface area contributed by atoms with Crippen LogP contribution in [0.3, 0.4) is 0 Å². The highest BCUT2D eigenvalue weighted by molar-refractivity contribution is 5.79. The number of hydrogen-bond acceptors (Lipinski definition) is 2. The van der Waals surface area contributed by atoms with E-state index in [9.17, 15) is 4.79 Å². The molecule has 3 aliphatic rings. The van der Waals surface area contributed by atoms with Gasteiger partial charge in [0.25, 0.3) is 0 Å². The summed E-state index contributed by atoms with van der Waals surface area (Å²) in [7, 11) is 0. The topological polar surface area (TPSA) is 32.3 Å². The molecule has 106 valence electrons. The van der Waals surface area contributed by atoms with Crippen LogP contribution in [0.5, 0.6) is 0 Å². The van der Waals surface area contributed by atoms with Gasteiger partial charge in [0.05, 0.1) is 0 Å². The van der Waals surface area contributed by atoms with Crippen molar-refractivity contribution in [2.45, 2.75) is 44.9 Å². The molecule has 2 heterocycles. The van der Waals surface area contributed by atoms with Crippen molar-refractivity contribution in [2.24, 2.45) is 11.3 Å². The minimum atomic E-state index is 0.261. The molecule has 0 radical (unpaired) electrons. The summed E-state index contributed by atoms with van der Waals surface area (Å²) in [5.74, 6) is 0.686. The van der Waals surface area contributed by atoms with Gasteiger partial charge >= 0.3 is 0 Å². The van der Waals surface area contributed by atoms with Gasteiger partial charge in [-0.1, -0.05) is 12.2 Å². The Bertz CT molecular complexity index is 352. The molecule has 2 saturated heterocycles. The van der Waals surface area contributed by atoms with Gasteiger partial charge in [-0.25, -0.2) is 0 Å². The molecule has 0 aromatic carbocycles. The minimum absolute atomic E-state index is 0.261. The van der Waals surface area contributed by atoms with Crippen molar-refractivity contribution >= 4 is 5.91 Å². The lowest BCUT2D eigenvalue weighted by Gasteiger charge is -2.46. The summed E-state index contributed by atoms with van der Waals surface area (Å²) >= 11 is 0.